The lowest BCUT2D eigenvalue weighted by Crippen LogP contribution is -2.15. The molecule has 0 unspecified atom stereocenters. The number of para-hydroxylation sites is 1. The van der Waals surface area contributed by atoms with E-state index in [1.807, 2.05) is 0 Å². The molecule has 0 radical (unpaired) electrons. The molecular formula is C55H36O. The van der Waals surface area contributed by atoms with Gasteiger partial charge in [-0.25, -0.2) is 0 Å². The van der Waals surface area contributed by atoms with E-state index in [4.69, 9.17) is 4.42 Å². The van der Waals surface area contributed by atoms with E-state index < -0.39 is 0 Å². The molecule has 0 fully saturated rings. The monoisotopic (exact) mass is 712 g/mol. The van der Waals surface area contributed by atoms with Gasteiger partial charge in [-0.15, -0.1) is 0 Å². The summed E-state index contributed by atoms with van der Waals surface area (Å²) in [6.45, 7) is 4.78. The lowest BCUT2D eigenvalue weighted by Gasteiger charge is -2.23. The fraction of sp³-hybridized carbons (Fsp3) is 0.0545. The summed E-state index contributed by atoms with van der Waals surface area (Å²) >= 11 is 0. The molecule has 0 amide bonds. The van der Waals surface area contributed by atoms with Gasteiger partial charge in [-0.3, -0.25) is 0 Å². The summed E-state index contributed by atoms with van der Waals surface area (Å²) in [7, 11) is 0. The molecule has 56 heavy (non-hydrogen) atoms. The summed E-state index contributed by atoms with van der Waals surface area (Å²) in [4.78, 5) is 0. The van der Waals surface area contributed by atoms with Crippen molar-refractivity contribution in [2.75, 3.05) is 0 Å². The molecule has 0 saturated carbocycles. The van der Waals surface area contributed by atoms with Gasteiger partial charge in [0.25, 0.3) is 0 Å². The van der Waals surface area contributed by atoms with Crippen LogP contribution in [0.15, 0.2) is 186 Å². The first-order valence-corrected chi connectivity index (χ1v) is 19.6. The van der Waals surface area contributed by atoms with Gasteiger partial charge in [0.1, 0.15) is 11.2 Å². The zero-order valence-corrected chi connectivity index (χ0v) is 31.2. The number of furan rings is 1. The lowest BCUT2D eigenvalue weighted by molar-refractivity contribution is 0.660. The summed E-state index contributed by atoms with van der Waals surface area (Å²) in [5, 5.41) is 12.4. The molecule has 1 aromatic heterocycles. The molecule has 0 N–H and O–H groups in total. The van der Waals surface area contributed by atoms with Crippen molar-refractivity contribution in [1.82, 2.24) is 0 Å². The molecule has 1 heteroatoms. The quantitative estimate of drug-likeness (QED) is 0.166. The Morgan fingerprint density at radius 1 is 0.357 bits per heavy atom. The van der Waals surface area contributed by atoms with Crippen LogP contribution in [-0.4, -0.2) is 0 Å². The van der Waals surface area contributed by atoms with E-state index in [0.29, 0.717) is 0 Å². The number of hydrogen-bond acceptors (Lipinski definition) is 1. The molecule has 12 rings (SSSR count). The van der Waals surface area contributed by atoms with Crippen LogP contribution in [0.3, 0.4) is 0 Å². The maximum atomic E-state index is 6.67. The van der Waals surface area contributed by atoms with Gasteiger partial charge < -0.3 is 4.42 Å². The number of fused-ring (bicyclic) bond motifs is 11. The minimum absolute atomic E-state index is 0.205. The molecule has 0 bridgehead atoms. The fourth-order valence-electron chi connectivity index (χ4n) is 10.0. The van der Waals surface area contributed by atoms with Crippen LogP contribution in [-0.2, 0) is 5.41 Å². The average molecular weight is 713 g/mol. The minimum Gasteiger partial charge on any atom is -0.455 e. The van der Waals surface area contributed by atoms with Gasteiger partial charge in [-0.2, -0.15) is 0 Å². The van der Waals surface area contributed by atoms with Crippen molar-refractivity contribution in [2.24, 2.45) is 0 Å². The normalized spacial score (nSPS) is 13.3. The maximum Gasteiger partial charge on any atom is 0.143 e. The average Bonchev–Trinajstić information content (AvgIpc) is 3.74. The number of hydrogen-bond donors (Lipinski definition) is 0. The highest BCUT2D eigenvalue weighted by Crippen LogP contribution is 2.53. The Morgan fingerprint density at radius 2 is 0.857 bits per heavy atom. The van der Waals surface area contributed by atoms with E-state index in [9.17, 15) is 0 Å². The van der Waals surface area contributed by atoms with Crippen LogP contribution < -0.4 is 0 Å². The molecule has 0 saturated heterocycles. The fourth-order valence-corrected chi connectivity index (χ4v) is 10.0. The second-order valence-electron chi connectivity index (χ2n) is 16.0. The first-order chi connectivity index (χ1) is 27.5. The standard InChI is InChI=1S/C55H36O/c1-55(2)48-31-35(39-22-12-24-47-53-38-17-6-4-14-34(38)27-30-50(53)56-54(39)47)25-28-40(48)41-29-26-36(32-49(41)55)51-43-18-7-9-20-45(43)52(46-21-10-8-19-44(46)51)42-23-11-15-33-13-3-5-16-37(33)42/h3-32H,1-2H3. The summed E-state index contributed by atoms with van der Waals surface area (Å²) in [5.41, 5.74) is 14.4. The first kappa shape index (κ1) is 31.4. The minimum atomic E-state index is -0.205. The molecule has 262 valence electrons. The van der Waals surface area contributed by atoms with Crippen molar-refractivity contribution in [3.63, 3.8) is 0 Å². The Bertz CT molecular complexity index is 3390. The predicted molar refractivity (Wildman–Crippen MR) is 238 cm³/mol. The highest BCUT2D eigenvalue weighted by Gasteiger charge is 2.36. The Hall–Kier alpha value is -6.96. The van der Waals surface area contributed by atoms with Crippen molar-refractivity contribution < 1.29 is 4.42 Å². The van der Waals surface area contributed by atoms with Crippen LogP contribution in [0.1, 0.15) is 25.0 Å². The van der Waals surface area contributed by atoms with E-state index in [-0.39, 0.29) is 5.41 Å². The van der Waals surface area contributed by atoms with Crippen LogP contribution in [0.4, 0.5) is 0 Å². The van der Waals surface area contributed by atoms with Gasteiger partial charge in [0, 0.05) is 21.8 Å². The molecule has 0 aliphatic heterocycles. The van der Waals surface area contributed by atoms with Gasteiger partial charge in [0.2, 0.25) is 0 Å². The lowest BCUT2D eigenvalue weighted by atomic mass is 9.79. The highest BCUT2D eigenvalue weighted by molar-refractivity contribution is 6.24. The SMILES string of the molecule is CC1(C)c2cc(-c3c4ccccc4c(-c4cccc5ccccc45)c4ccccc34)ccc2-c2ccc(-c3cccc4c3oc3ccc5ccccc5c34)cc21. The molecule has 1 heterocycles. The third-order valence-electron chi connectivity index (χ3n) is 12.7. The molecule has 0 spiro atoms. The molecule has 0 atom stereocenters. The van der Waals surface area contributed by atoms with Crippen LogP contribution >= 0.6 is 0 Å². The zero-order chi connectivity index (χ0) is 37.1. The Kier molecular flexibility index (Phi) is 6.46. The molecule has 1 aliphatic carbocycles. The smallest absolute Gasteiger partial charge is 0.143 e. The Morgan fingerprint density at radius 3 is 1.55 bits per heavy atom. The van der Waals surface area contributed by atoms with Crippen LogP contribution in [0.5, 0.6) is 0 Å². The van der Waals surface area contributed by atoms with Gasteiger partial charge in [0.15, 0.2) is 0 Å². The van der Waals surface area contributed by atoms with E-state index in [1.165, 1.54) is 98.5 Å². The van der Waals surface area contributed by atoms with Crippen molar-refractivity contribution in [3.05, 3.63) is 193 Å². The van der Waals surface area contributed by atoms with Gasteiger partial charge in [0.05, 0.1) is 0 Å². The van der Waals surface area contributed by atoms with Crippen molar-refractivity contribution in [3.8, 4) is 44.5 Å². The van der Waals surface area contributed by atoms with Gasteiger partial charge in [-0.1, -0.05) is 178 Å². The molecule has 11 aromatic rings. The van der Waals surface area contributed by atoms with E-state index in [1.54, 1.807) is 0 Å². The van der Waals surface area contributed by atoms with Gasteiger partial charge in [-0.05, 0) is 111 Å². The highest BCUT2D eigenvalue weighted by atomic mass is 16.3. The van der Waals surface area contributed by atoms with Crippen LogP contribution in [0.25, 0.3) is 110 Å². The number of rotatable bonds is 3. The third-order valence-corrected chi connectivity index (χ3v) is 12.7. The van der Waals surface area contributed by atoms with Crippen molar-refractivity contribution in [1.29, 1.82) is 0 Å². The van der Waals surface area contributed by atoms with E-state index >= 15 is 0 Å². The summed E-state index contributed by atoms with van der Waals surface area (Å²) in [6, 6.07) is 67.1. The molecule has 1 nitrogen and oxygen atoms in total. The molecular weight excluding hydrogens is 677 g/mol. The van der Waals surface area contributed by atoms with Crippen molar-refractivity contribution >= 4 is 65.0 Å². The molecule has 10 aromatic carbocycles. The molecule has 1 aliphatic rings. The van der Waals surface area contributed by atoms with E-state index in [0.717, 1.165) is 22.1 Å². The van der Waals surface area contributed by atoms with Crippen LogP contribution in [0, 0.1) is 0 Å². The third kappa shape index (κ3) is 4.31. The van der Waals surface area contributed by atoms with Crippen molar-refractivity contribution in [2.45, 2.75) is 19.3 Å². The summed E-state index contributed by atoms with van der Waals surface area (Å²) < 4.78 is 6.67. The van der Waals surface area contributed by atoms with E-state index in [2.05, 4.69) is 196 Å². The van der Waals surface area contributed by atoms with Crippen LogP contribution in [0.2, 0.25) is 0 Å². The van der Waals surface area contributed by atoms with Gasteiger partial charge >= 0.3 is 0 Å². The second kappa shape index (κ2) is 11.5. The summed E-state index contributed by atoms with van der Waals surface area (Å²) in [6.07, 6.45) is 0. The summed E-state index contributed by atoms with van der Waals surface area (Å²) in [5.74, 6) is 0. The maximum absolute atomic E-state index is 6.67. The number of benzene rings is 10. The zero-order valence-electron chi connectivity index (χ0n) is 31.2. The first-order valence-electron chi connectivity index (χ1n) is 19.6. The predicted octanol–water partition coefficient (Wildman–Crippen LogP) is 15.5. The Balaban J connectivity index is 1.03. The largest absolute Gasteiger partial charge is 0.455 e. The topological polar surface area (TPSA) is 13.1 Å². The Labute approximate surface area is 325 Å². The second-order valence-corrected chi connectivity index (χ2v) is 16.0.